The highest BCUT2D eigenvalue weighted by Gasteiger charge is 1.71. The molecule has 0 heterocycles. The molecule has 3 heteroatoms. The van der Waals surface area contributed by atoms with E-state index in [1.807, 2.05) is 19.9 Å². The zero-order chi connectivity index (χ0) is 7.98. The van der Waals surface area contributed by atoms with Crippen LogP contribution in [0.2, 0.25) is 0 Å². The van der Waals surface area contributed by atoms with Crippen molar-refractivity contribution in [2.24, 2.45) is 16.5 Å². The van der Waals surface area contributed by atoms with Gasteiger partial charge in [-0.1, -0.05) is 11.6 Å². The molecule has 0 atom stereocenters. The zero-order valence-electron chi connectivity index (χ0n) is 6.33. The summed E-state index contributed by atoms with van der Waals surface area (Å²) >= 11 is 0. The molecule has 0 aliphatic carbocycles. The van der Waals surface area contributed by atoms with E-state index >= 15 is 0 Å². The first-order chi connectivity index (χ1) is 4.63. The smallest absolute Gasteiger partial charge is 0.190 e. The summed E-state index contributed by atoms with van der Waals surface area (Å²) in [6.45, 7) is 4.00. The molecule has 0 aromatic carbocycles. The second-order valence-electron chi connectivity index (χ2n) is 2.14. The molecule has 0 amide bonds. The maximum atomic E-state index is 5.07. The van der Waals surface area contributed by atoms with E-state index in [4.69, 9.17) is 11.5 Å². The molecule has 10 heavy (non-hydrogen) atoms. The molecule has 0 saturated heterocycles. The standard InChI is InChI=1S/C7H13N3/c1-6(2)4-3-5-10-7(8)9/h3-5H,1-2H3,(H4,8,9,10)/b5-3-. The highest BCUT2D eigenvalue weighted by molar-refractivity contribution is 5.76. The van der Waals surface area contributed by atoms with Crippen LogP contribution >= 0.6 is 0 Å². The van der Waals surface area contributed by atoms with Gasteiger partial charge in [0.05, 0.1) is 0 Å². The van der Waals surface area contributed by atoms with Crippen LogP contribution < -0.4 is 11.5 Å². The molecule has 0 saturated carbocycles. The molecule has 0 radical (unpaired) electrons. The zero-order valence-corrected chi connectivity index (χ0v) is 6.33. The number of hydrogen-bond acceptors (Lipinski definition) is 1. The predicted octanol–water partition coefficient (Wildman–Crippen LogP) is 0.740. The van der Waals surface area contributed by atoms with Gasteiger partial charge in [0.2, 0.25) is 0 Å². The Labute approximate surface area is 61.1 Å². The van der Waals surface area contributed by atoms with Gasteiger partial charge in [-0.15, -0.1) is 0 Å². The maximum Gasteiger partial charge on any atom is 0.190 e. The van der Waals surface area contributed by atoms with Crippen molar-refractivity contribution in [3.05, 3.63) is 23.9 Å². The van der Waals surface area contributed by atoms with Gasteiger partial charge in [0.1, 0.15) is 0 Å². The SMILES string of the molecule is CC(C)=C/C=C\N=C(N)N. The lowest BCUT2D eigenvalue weighted by Crippen LogP contribution is -2.21. The third-order valence-electron chi connectivity index (χ3n) is 0.739. The van der Waals surface area contributed by atoms with Crippen LogP contribution in [0, 0.1) is 0 Å². The summed E-state index contributed by atoms with van der Waals surface area (Å²) in [5.41, 5.74) is 11.3. The first-order valence-corrected chi connectivity index (χ1v) is 3.01. The summed E-state index contributed by atoms with van der Waals surface area (Å²) in [4.78, 5) is 3.64. The molecule has 0 rings (SSSR count). The van der Waals surface area contributed by atoms with Gasteiger partial charge < -0.3 is 11.5 Å². The molecule has 0 aliphatic heterocycles. The first-order valence-electron chi connectivity index (χ1n) is 3.01. The van der Waals surface area contributed by atoms with Crippen LogP contribution in [0.25, 0.3) is 0 Å². The molecule has 4 N–H and O–H groups in total. The van der Waals surface area contributed by atoms with E-state index in [0.29, 0.717) is 0 Å². The van der Waals surface area contributed by atoms with Crippen LogP contribution in [0.4, 0.5) is 0 Å². The van der Waals surface area contributed by atoms with E-state index in [2.05, 4.69) is 4.99 Å². The maximum absolute atomic E-state index is 5.07. The lowest BCUT2D eigenvalue weighted by Gasteiger charge is -1.83. The van der Waals surface area contributed by atoms with Gasteiger partial charge in [-0.05, 0) is 19.9 Å². The minimum Gasteiger partial charge on any atom is -0.370 e. The number of rotatable bonds is 2. The van der Waals surface area contributed by atoms with E-state index in [0.717, 1.165) is 0 Å². The quantitative estimate of drug-likeness (QED) is 0.336. The molecule has 0 aromatic heterocycles. The van der Waals surface area contributed by atoms with Crippen LogP contribution in [0.15, 0.2) is 28.9 Å². The lowest BCUT2D eigenvalue weighted by atomic mass is 10.3. The van der Waals surface area contributed by atoms with Gasteiger partial charge in [-0.2, -0.15) is 0 Å². The molecular weight excluding hydrogens is 126 g/mol. The van der Waals surface area contributed by atoms with Crippen LogP contribution in [0.5, 0.6) is 0 Å². The molecule has 56 valence electrons. The minimum absolute atomic E-state index is 0.0819. The molecule has 0 fully saturated rings. The van der Waals surface area contributed by atoms with Crippen molar-refractivity contribution < 1.29 is 0 Å². The molecular formula is C7H13N3. The fourth-order valence-corrected chi connectivity index (χ4v) is 0.365. The van der Waals surface area contributed by atoms with Crippen LogP contribution in [0.1, 0.15) is 13.8 Å². The summed E-state index contributed by atoms with van der Waals surface area (Å²) < 4.78 is 0. The van der Waals surface area contributed by atoms with Crippen LogP contribution in [-0.4, -0.2) is 5.96 Å². The number of hydrogen-bond donors (Lipinski definition) is 2. The summed E-state index contributed by atoms with van der Waals surface area (Å²) in [7, 11) is 0. The normalized spacial score (nSPS) is 9.40. The monoisotopic (exact) mass is 139 g/mol. The van der Waals surface area contributed by atoms with Crippen molar-refractivity contribution >= 4 is 5.96 Å². The van der Waals surface area contributed by atoms with Crippen molar-refractivity contribution in [1.29, 1.82) is 0 Å². The van der Waals surface area contributed by atoms with Crippen molar-refractivity contribution in [3.8, 4) is 0 Å². The van der Waals surface area contributed by atoms with E-state index in [1.165, 1.54) is 5.57 Å². The molecule has 0 spiro atoms. The third kappa shape index (κ3) is 6.75. The average molecular weight is 139 g/mol. The van der Waals surface area contributed by atoms with Gasteiger partial charge in [-0.3, -0.25) is 0 Å². The second-order valence-corrected chi connectivity index (χ2v) is 2.14. The topological polar surface area (TPSA) is 64.4 Å². The Morgan fingerprint density at radius 3 is 2.30 bits per heavy atom. The summed E-state index contributed by atoms with van der Waals surface area (Å²) in [5.74, 6) is 0.0819. The number of guanidine groups is 1. The second kappa shape index (κ2) is 4.61. The fraction of sp³-hybridized carbons (Fsp3) is 0.286. The highest BCUT2D eigenvalue weighted by Crippen LogP contribution is 1.88. The lowest BCUT2D eigenvalue weighted by molar-refractivity contribution is 1.38. The van der Waals surface area contributed by atoms with Crippen molar-refractivity contribution in [2.75, 3.05) is 0 Å². The Morgan fingerprint density at radius 1 is 1.30 bits per heavy atom. The Balaban J connectivity index is 3.80. The number of allylic oxidation sites excluding steroid dienone is 3. The van der Waals surface area contributed by atoms with E-state index in [9.17, 15) is 0 Å². The molecule has 0 aliphatic rings. The predicted molar refractivity (Wildman–Crippen MR) is 44.4 cm³/mol. The Kier molecular flexibility index (Phi) is 4.04. The van der Waals surface area contributed by atoms with E-state index < -0.39 is 0 Å². The van der Waals surface area contributed by atoms with E-state index in [-0.39, 0.29) is 5.96 Å². The van der Waals surface area contributed by atoms with Crippen molar-refractivity contribution in [3.63, 3.8) is 0 Å². The molecule has 0 unspecified atom stereocenters. The van der Waals surface area contributed by atoms with Crippen molar-refractivity contribution in [2.45, 2.75) is 13.8 Å². The Morgan fingerprint density at radius 2 is 1.90 bits per heavy atom. The van der Waals surface area contributed by atoms with Gasteiger partial charge >= 0.3 is 0 Å². The fourth-order valence-electron chi connectivity index (χ4n) is 0.365. The Hall–Kier alpha value is -1.25. The van der Waals surface area contributed by atoms with Gasteiger partial charge in [0, 0.05) is 6.20 Å². The van der Waals surface area contributed by atoms with Crippen LogP contribution in [-0.2, 0) is 0 Å². The van der Waals surface area contributed by atoms with Crippen molar-refractivity contribution in [1.82, 2.24) is 0 Å². The summed E-state index contributed by atoms with van der Waals surface area (Å²) in [6, 6.07) is 0. The largest absolute Gasteiger partial charge is 0.370 e. The summed E-state index contributed by atoms with van der Waals surface area (Å²) in [6.07, 6.45) is 5.27. The minimum atomic E-state index is 0.0819. The van der Waals surface area contributed by atoms with Gasteiger partial charge in [-0.25, -0.2) is 4.99 Å². The van der Waals surface area contributed by atoms with Gasteiger partial charge in [0.15, 0.2) is 5.96 Å². The molecule has 0 bridgehead atoms. The summed E-state index contributed by atoms with van der Waals surface area (Å²) in [5, 5.41) is 0. The van der Waals surface area contributed by atoms with E-state index in [1.54, 1.807) is 12.3 Å². The number of nitrogens with two attached hydrogens (primary N) is 2. The number of nitrogens with zero attached hydrogens (tertiary/aromatic N) is 1. The Bertz CT molecular complexity index is 149. The molecule has 3 nitrogen and oxygen atoms in total. The van der Waals surface area contributed by atoms with Crippen LogP contribution in [0.3, 0.4) is 0 Å². The van der Waals surface area contributed by atoms with Gasteiger partial charge in [0.25, 0.3) is 0 Å². The highest BCUT2D eigenvalue weighted by atomic mass is 15.0. The third-order valence-corrected chi connectivity index (χ3v) is 0.739. The average Bonchev–Trinajstić information content (AvgIpc) is 1.79. The molecule has 0 aromatic rings. The number of aliphatic imine (C=N–C) groups is 1. The first kappa shape index (κ1) is 8.75.